The Morgan fingerprint density at radius 1 is 1.28 bits per heavy atom. The molecule has 1 unspecified atom stereocenters. The highest BCUT2D eigenvalue weighted by Crippen LogP contribution is 2.42. The van der Waals surface area contributed by atoms with E-state index < -0.39 is 0 Å². The van der Waals surface area contributed by atoms with Crippen molar-refractivity contribution < 1.29 is 4.74 Å². The molecule has 0 amide bonds. The summed E-state index contributed by atoms with van der Waals surface area (Å²) in [6.07, 6.45) is 4.87. The van der Waals surface area contributed by atoms with Crippen LogP contribution in [0, 0.1) is 5.92 Å². The smallest absolute Gasteiger partial charge is 0.139 e. The Labute approximate surface area is 123 Å². The van der Waals surface area contributed by atoms with E-state index in [1.54, 1.807) is 6.07 Å². The Balaban J connectivity index is 2.13. The Morgan fingerprint density at radius 2 is 2.00 bits per heavy atom. The summed E-state index contributed by atoms with van der Waals surface area (Å²) in [6.45, 7) is 2.49. The van der Waals surface area contributed by atoms with Crippen LogP contribution in [0.5, 0.6) is 5.75 Å². The second-order valence-electron chi connectivity index (χ2n) is 4.74. The second kappa shape index (κ2) is 6.36. The molecule has 1 aromatic carbocycles. The molecule has 0 spiro atoms. The van der Waals surface area contributed by atoms with E-state index in [0.29, 0.717) is 22.4 Å². The van der Waals surface area contributed by atoms with Crippen molar-refractivity contribution in [2.45, 2.75) is 38.0 Å². The number of hydrogen-bond acceptors (Lipinski definition) is 1. The van der Waals surface area contributed by atoms with E-state index in [9.17, 15) is 0 Å². The second-order valence-corrected chi connectivity index (χ2v) is 6.08. The van der Waals surface area contributed by atoms with Gasteiger partial charge in [-0.1, -0.05) is 42.5 Å². The summed E-state index contributed by atoms with van der Waals surface area (Å²) in [7, 11) is 0. The number of hydrogen-bond donors (Lipinski definition) is 0. The van der Waals surface area contributed by atoms with Crippen molar-refractivity contribution in [3.63, 3.8) is 0 Å². The van der Waals surface area contributed by atoms with Crippen LogP contribution >= 0.6 is 34.8 Å². The standard InChI is InChI=1S/C14H17Cl3O/c1-2-18-14-8-12(16)10(7-13(14)17)11(15)6-9-4-3-5-9/h7-9,11H,2-6H2,1H3. The molecule has 1 atom stereocenters. The van der Waals surface area contributed by atoms with Gasteiger partial charge in [-0.15, -0.1) is 11.6 Å². The molecule has 1 saturated carbocycles. The van der Waals surface area contributed by atoms with Crippen molar-refractivity contribution >= 4 is 34.8 Å². The van der Waals surface area contributed by atoms with Crippen LogP contribution in [0.25, 0.3) is 0 Å². The first-order valence-electron chi connectivity index (χ1n) is 6.37. The molecule has 0 heterocycles. The molecule has 2 rings (SSSR count). The van der Waals surface area contributed by atoms with Gasteiger partial charge >= 0.3 is 0 Å². The molecule has 0 aliphatic heterocycles. The lowest BCUT2D eigenvalue weighted by Gasteiger charge is -2.27. The van der Waals surface area contributed by atoms with E-state index >= 15 is 0 Å². The topological polar surface area (TPSA) is 9.23 Å². The summed E-state index contributed by atoms with van der Waals surface area (Å²) < 4.78 is 5.41. The average molecular weight is 308 g/mol. The minimum absolute atomic E-state index is 0.0593. The van der Waals surface area contributed by atoms with Crippen LogP contribution in [-0.2, 0) is 0 Å². The lowest BCUT2D eigenvalue weighted by atomic mass is 9.81. The van der Waals surface area contributed by atoms with Crippen molar-refractivity contribution in [2.75, 3.05) is 6.61 Å². The summed E-state index contributed by atoms with van der Waals surface area (Å²) in [4.78, 5) is 0. The number of benzene rings is 1. The fourth-order valence-electron chi connectivity index (χ4n) is 2.20. The largest absolute Gasteiger partial charge is 0.492 e. The molecular formula is C14H17Cl3O. The van der Waals surface area contributed by atoms with Crippen molar-refractivity contribution in [3.8, 4) is 5.75 Å². The molecule has 0 radical (unpaired) electrons. The average Bonchev–Trinajstić information content (AvgIpc) is 2.28. The fourth-order valence-corrected chi connectivity index (χ4v) is 3.20. The van der Waals surface area contributed by atoms with Crippen molar-refractivity contribution in [1.29, 1.82) is 0 Å². The van der Waals surface area contributed by atoms with Crippen LogP contribution in [0.4, 0.5) is 0 Å². The molecule has 1 aliphatic rings. The summed E-state index contributed by atoms with van der Waals surface area (Å²) >= 11 is 18.9. The summed E-state index contributed by atoms with van der Waals surface area (Å²) in [5, 5.41) is 1.16. The Hall–Kier alpha value is -0.110. The normalized spacial score (nSPS) is 17.3. The van der Waals surface area contributed by atoms with Gasteiger partial charge in [0.2, 0.25) is 0 Å². The maximum Gasteiger partial charge on any atom is 0.139 e. The fraction of sp³-hybridized carbons (Fsp3) is 0.571. The van der Waals surface area contributed by atoms with Crippen LogP contribution in [-0.4, -0.2) is 6.61 Å². The Bertz CT molecular complexity index is 416. The van der Waals surface area contributed by atoms with E-state index in [2.05, 4.69) is 0 Å². The van der Waals surface area contributed by atoms with E-state index in [1.807, 2.05) is 13.0 Å². The van der Waals surface area contributed by atoms with Gasteiger partial charge in [-0.3, -0.25) is 0 Å². The first-order chi connectivity index (χ1) is 8.61. The minimum atomic E-state index is -0.0593. The van der Waals surface area contributed by atoms with Gasteiger partial charge in [0.1, 0.15) is 5.75 Å². The maximum absolute atomic E-state index is 6.44. The molecule has 18 heavy (non-hydrogen) atoms. The van der Waals surface area contributed by atoms with Crippen LogP contribution in [0.1, 0.15) is 43.5 Å². The highest BCUT2D eigenvalue weighted by Gasteiger charge is 2.23. The first kappa shape index (κ1) is 14.3. The third kappa shape index (κ3) is 3.26. The van der Waals surface area contributed by atoms with Gasteiger partial charge in [0, 0.05) is 11.1 Å². The molecule has 0 saturated heterocycles. The van der Waals surface area contributed by atoms with Gasteiger partial charge in [-0.25, -0.2) is 0 Å². The van der Waals surface area contributed by atoms with Crippen molar-refractivity contribution in [2.24, 2.45) is 5.92 Å². The zero-order valence-electron chi connectivity index (χ0n) is 10.4. The zero-order chi connectivity index (χ0) is 13.1. The van der Waals surface area contributed by atoms with E-state index in [0.717, 1.165) is 17.9 Å². The van der Waals surface area contributed by atoms with Gasteiger partial charge < -0.3 is 4.74 Å². The maximum atomic E-state index is 6.44. The van der Waals surface area contributed by atoms with Crippen LogP contribution in [0.3, 0.4) is 0 Å². The number of halogens is 3. The third-order valence-corrected chi connectivity index (χ3v) is 4.49. The predicted octanol–water partition coefficient (Wildman–Crippen LogP) is 5.86. The van der Waals surface area contributed by atoms with E-state index in [1.165, 1.54) is 19.3 Å². The Morgan fingerprint density at radius 3 is 2.56 bits per heavy atom. The van der Waals surface area contributed by atoms with Gasteiger partial charge in [0.15, 0.2) is 0 Å². The lowest BCUT2D eigenvalue weighted by Crippen LogP contribution is -2.13. The molecule has 0 aromatic heterocycles. The molecule has 0 N–H and O–H groups in total. The molecule has 1 nitrogen and oxygen atoms in total. The summed E-state index contributed by atoms with van der Waals surface area (Å²) in [5.74, 6) is 1.37. The minimum Gasteiger partial charge on any atom is -0.492 e. The van der Waals surface area contributed by atoms with Crippen LogP contribution < -0.4 is 4.74 Å². The molecule has 100 valence electrons. The summed E-state index contributed by atoms with van der Waals surface area (Å²) in [6, 6.07) is 3.60. The molecule has 4 heteroatoms. The Kier molecular flexibility index (Phi) is 5.06. The zero-order valence-corrected chi connectivity index (χ0v) is 12.7. The first-order valence-corrected chi connectivity index (χ1v) is 7.56. The number of rotatable bonds is 5. The van der Waals surface area contributed by atoms with Crippen LogP contribution in [0.15, 0.2) is 12.1 Å². The molecule has 1 fully saturated rings. The van der Waals surface area contributed by atoms with E-state index in [4.69, 9.17) is 39.5 Å². The van der Waals surface area contributed by atoms with Crippen molar-refractivity contribution in [3.05, 3.63) is 27.7 Å². The highest BCUT2D eigenvalue weighted by atomic mass is 35.5. The van der Waals surface area contributed by atoms with E-state index in [-0.39, 0.29) is 5.38 Å². The molecule has 1 aromatic rings. The number of ether oxygens (including phenoxy) is 1. The highest BCUT2D eigenvalue weighted by molar-refractivity contribution is 6.35. The number of alkyl halides is 1. The lowest BCUT2D eigenvalue weighted by molar-refractivity contribution is 0.293. The van der Waals surface area contributed by atoms with Gasteiger partial charge in [-0.2, -0.15) is 0 Å². The van der Waals surface area contributed by atoms with Gasteiger partial charge in [-0.05, 0) is 30.9 Å². The predicted molar refractivity (Wildman–Crippen MR) is 78.2 cm³/mol. The monoisotopic (exact) mass is 306 g/mol. The SMILES string of the molecule is CCOc1cc(Cl)c(C(Cl)CC2CCC2)cc1Cl. The quantitative estimate of drug-likeness (QED) is 0.619. The van der Waals surface area contributed by atoms with Gasteiger partial charge in [0.05, 0.1) is 17.0 Å². The van der Waals surface area contributed by atoms with Gasteiger partial charge in [0.25, 0.3) is 0 Å². The van der Waals surface area contributed by atoms with Crippen molar-refractivity contribution in [1.82, 2.24) is 0 Å². The summed E-state index contributed by atoms with van der Waals surface area (Å²) in [5.41, 5.74) is 0.915. The third-order valence-electron chi connectivity index (χ3n) is 3.45. The molecule has 0 bridgehead atoms. The van der Waals surface area contributed by atoms with Crippen LogP contribution in [0.2, 0.25) is 10.0 Å². The molecule has 1 aliphatic carbocycles. The molecular weight excluding hydrogens is 291 g/mol.